The lowest BCUT2D eigenvalue weighted by Gasteiger charge is -2.13. The number of rotatable bonds is 6. The molecule has 1 aromatic carbocycles. The molecule has 0 aliphatic rings. The number of hydrogen-bond acceptors (Lipinski definition) is 6. The first-order valence-corrected chi connectivity index (χ1v) is 9.92. The Hall–Kier alpha value is -2.32. The zero-order valence-electron chi connectivity index (χ0n) is 14.9. The van der Waals surface area contributed by atoms with Crippen molar-refractivity contribution in [3.8, 4) is 0 Å². The summed E-state index contributed by atoms with van der Waals surface area (Å²) in [4.78, 5) is 30.9. The van der Waals surface area contributed by atoms with E-state index in [9.17, 15) is 9.59 Å². The molecule has 2 heterocycles. The predicted molar refractivity (Wildman–Crippen MR) is 108 cm³/mol. The molecule has 0 aliphatic carbocycles. The van der Waals surface area contributed by atoms with Crippen LogP contribution < -0.4 is 15.8 Å². The molecule has 0 saturated carbocycles. The molecule has 2 aromatic heterocycles. The lowest BCUT2D eigenvalue weighted by atomic mass is 10.2. The molecule has 0 spiro atoms. The number of hydrogen-bond donors (Lipinski definition) is 1. The molecule has 0 atom stereocenters. The van der Waals surface area contributed by atoms with E-state index in [1.807, 2.05) is 54.7 Å². The van der Waals surface area contributed by atoms with E-state index in [4.69, 9.17) is 0 Å². The Kier molecular flexibility index (Phi) is 5.63. The van der Waals surface area contributed by atoms with Crippen LogP contribution in [0.25, 0.3) is 10.2 Å². The van der Waals surface area contributed by atoms with Crippen molar-refractivity contribution < 1.29 is 4.79 Å². The van der Waals surface area contributed by atoms with Gasteiger partial charge in [-0.1, -0.05) is 23.9 Å². The number of nitrogens with one attached hydrogen (secondary N) is 1. The first-order chi connectivity index (χ1) is 12.5. The third kappa shape index (κ3) is 4.08. The quantitative estimate of drug-likeness (QED) is 0.519. The van der Waals surface area contributed by atoms with Crippen LogP contribution in [0.5, 0.6) is 0 Å². The largest absolute Gasteiger partial charge is 0.378 e. The topological polar surface area (TPSA) is 67.2 Å². The Balaban J connectivity index is 1.57. The molecular weight excluding hydrogens is 368 g/mol. The Morgan fingerprint density at radius 1 is 1.27 bits per heavy atom. The summed E-state index contributed by atoms with van der Waals surface area (Å²) in [5.41, 5.74) is 2.77. The molecule has 1 N–H and O–H groups in total. The van der Waals surface area contributed by atoms with Crippen LogP contribution in [0.3, 0.4) is 0 Å². The second-order valence-corrected chi connectivity index (χ2v) is 7.88. The van der Waals surface area contributed by atoms with Gasteiger partial charge in [0.1, 0.15) is 4.70 Å². The van der Waals surface area contributed by atoms with E-state index in [1.165, 1.54) is 27.7 Å². The van der Waals surface area contributed by atoms with E-state index in [-0.39, 0.29) is 17.2 Å². The molecular formula is C18H20N4O2S2. The third-order valence-corrected chi connectivity index (χ3v) is 5.84. The Morgan fingerprint density at radius 3 is 2.69 bits per heavy atom. The fraction of sp³-hybridized carbons (Fsp3) is 0.278. The Morgan fingerprint density at radius 2 is 2.00 bits per heavy atom. The van der Waals surface area contributed by atoms with Gasteiger partial charge in [-0.05, 0) is 29.1 Å². The van der Waals surface area contributed by atoms with Gasteiger partial charge in [-0.2, -0.15) is 0 Å². The maximum atomic E-state index is 12.3. The normalized spacial score (nSPS) is 10.9. The molecule has 136 valence electrons. The number of carbonyl (C=O) groups is 1. The first-order valence-electron chi connectivity index (χ1n) is 8.05. The molecule has 0 bridgehead atoms. The van der Waals surface area contributed by atoms with Crippen molar-refractivity contribution in [2.45, 2.75) is 11.7 Å². The molecule has 0 aliphatic heterocycles. The van der Waals surface area contributed by atoms with E-state index in [1.54, 1.807) is 7.05 Å². The highest BCUT2D eigenvalue weighted by molar-refractivity contribution is 7.99. The second-order valence-electron chi connectivity index (χ2n) is 6.02. The van der Waals surface area contributed by atoms with Crippen LogP contribution in [-0.2, 0) is 18.4 Å². The van der Waals surface area contributed by atoms with E-state index >= 15 is 0 Å². The van der Waals surface area contributed by atoms with Crippen molar-refractivity contribution in [1.82, 2.24) is 14.9 Å². The molecule has 26 heavy (non-hydrogen) atoms. The lowest BCUT2D eigenvalue weighted by Crippen LogP contribution is -2.25. The molecule has 3 aromatic rings. The van der Waals surface area contributed by atoms with E-state index in [0.717, 1.165) is 11.3 Å². The summed E-state index contributed by atoms with van der Waals surface area (Å²) in [7, 11) is 5.66. The summed E-state index contributed by atoms with van der Waals surface area (Å²) in [6.45, 7) is 0.475. The van der Waals surface area contributed by atoms with Crippen molar-refractivity contribution in [3.05, 3.63) is 51.6 Å². The van der Waals surface area contributed by atoms with E-state index < -0.39 is 0 Å². The van der Waals surface area contributed by atoms with Crippen LogP contribution in [0.15, 0.2) is 45.7 Å². The van der Waals surface area contributed by atoms with Gasteiger partial charge in [-0.15, -0.1) is 11.3 Å². The number of aromatic nitrogens is 2. The van der Waals surface area contributed by atoms with Crippen LogP contribution in [-0.4, -0.2) is 35.3 Å². The summed E-state index contributed by atoms with van der Waals surface area (Å²) in [6.07, 6.45) is 0. The Labute approximate surface area is 159 Å². The zero-order valence-corrected chi connectivity index (χ0v) is 16.5. The molecule has 3 rings (SSSR count). The van der Waals surface area contributed by atoms with Crippen molar-refractivity contribution in [1.29, 1.82) is 0 Å². The lowest BCUT2D eigenvalue weighted by molar-refractivity contribution is -0.118. The van der Waals surface area contributed by atoms with Gasteiger partial charge in [0.05, 0.1) is 11.3 Å². The minimum Gasteiger partial charge on any atom is -0.378 e. The second kappa shape index (κ2) is 7.92. The van der Waals surface area contributed by atoms with Crippen LogP contribution in [0.2, 0.25) is 0 Å². The number of thiophene rings is 1. The van der Waals surface area contributed by atoms with Crippen molar-refractivity contribution in [2.75, 3.05) is 24.7 Å². The number of carbonyl (C=O) groups excluding carboxylic acids is 1. The molecule has 0 fully saturated rings. The van der Waals surface area contributed by atoms with Gasteiger partial charge in [0.15, 0.2) is 5.16 Å². The monoisotopic (exact) mass is 388 g/mol. The maximum Gasteiger partial charge on any atom is 0.271 e. The standard InChI is InChI=1S/C18H20N4O2S2/c1-21(2)13-6-4-12(5-7-13)10-19-15(23)11-26-18-20-14-8-9-25-16(14)17(24)22(18)3/h4-9H,10-11H2,1-3H3,(H,19,23). The first kappa shape index (κ1) is 18.5. The number of thioether (sulfide) groups is 1. The minimum atomic E-state index is -0.0913. The highest BCUT2D eigenvalue weighted by Crippen LogP contribution is 2.20. The van der Waals surface area contributed by atoms with Gasteiger partial charge in [-0.3, -0.25) is 14.2 Å². The van der Waals surface area contributed by atoms with Gasteiger partial charge in [0, 0.05) is 33.4 Å². The highest BCUT2D eigenvalue weighted by Gasteiger charge is 2.11. The summed E-state index contributed by atoms with van der Waals surface area (Å²) < 4.78 is 2.14. The third-order valence-electron chi connectivity index (χ3n) is 3.92. The SMILES string of the molecule is CN(C)c1ccc(CNC(=O)CSc2nc3ccsc3c(=O)n2C)cc1. The van der Waals surface area contributed by atoms with E-state index in [0.29, 0.717) is 21.9 Å². The maximum absolute atomic E-state index is 12.3. The number of anilines is 1. The van der Waals surface area contributed by atoms with Crippen LogP contribution in [0, 0.1) is 0 Å². The van der Waals surface area contributed by atoms with E-state index in [2.05, 4.69) is 10.3 Å². The molecule has 0 saturated heterocycles. The average molecular weight is 389 g/mol. The Bertz CT molecular complexity index is 977. The zero-order chi connectivity index (χ0) is 18.7. The summed E-state index contributed by atoms with van der Waals surface area (Å²) in [5, 5.41) is 5.29. The summed E-state index contributed by atoms with van der Waals surface area (Å²) >= 11 is 2.65. The van der Waals surface area contributed by atoms with Gasteiger partial charge >= 0.3 is 0 Å². The smallest absolute Gasteiger partial charge is 0.271 e. The number of benzene rings is 1. The molecule has 1 amide bonds. The number of nitrogens with zero attached hydrogens (tertiary/aromatic N) is 3. The molecule has 0 unspecified atom stereocenters. The number of fused-ring (bicyclic) bond motifs is 1. The highest BCUT2D eigenvalue weighted by atomic mass is 32.2. The molecule has 0 radical (unpaired) electrons. The van der Waals surface area contributed by atoms with Crippen LogP contribution in [0.4, 0.5) is 5.69 Å². The predicted octanol–water partition coefficient (Wildman–Crippen LogP) is 2.47. The van der Waals surface area contributed by atoms with Gasteiger partial charge in [-0.25, -0.2) is 4.98 Å². The van der Waals surface area contributed by atoms with Crippen molar-refractivity contribution >= 4 is 44.9 Å². The minimum absolute atomic E-state index is 0.0751. The summed E-state index contributed by atoms with van der Waals surface area (Å²) in [6, 6.07) is 9.86. The average Bonchev–Trinajstić information content (AvgIpc) is 3.10. The van der Waals surface area contributed by atoms with Crippen LogP contribution >= 0.6 is 23.1 Å². The van der Waals surface area contributed by atoms with Gasteiger partial charge in [0.2, 0.25) is 5.91 Å². The summed E-state index contributed by atoms with van der Waals surface area (Å²) in [5.74, 6) is 0.123. The molecule has 8 heteroatoms. The van der Waals surface area contributed by atoms with Gasteiger partial charge in [0.25, 0.3) is 5.56 Å². The van der Waals surface area contributed by atoms with Crippen molar-refractivity contribution in [2.24, 2.45) is 7.05 Å². The number of amides is 1. The van der Waals surface area contributed by atoms with Gasteiger partial charge < -0.3 is 10.2 Å². The van der Waals surface area contributed by atoms with Crippen molar-refractivity contribution in [3.63, 3.8) is 0 Å². The fourth-order valence-corrected chi connectivity index (χ4v) is 4.00. The fourth-order valence-electron chi connectivity index (χ4n) is 2.39. The molecule has 6 nitrogen and oxygen atoms in total. The van der Waals surface area contributed by atoms with Crippen LogP contribution in [0.1, 0.15) is 5.56 Å².